The summed E-state index contributed by atoms with van der Waals surface area (Å²) in [4.78, 5) is 12.3. The summed E-state index contributed by atoms with van der Waals surface area (Å²) in [5.74, 6) is 7.66. The van der Waals surface area contributed by atoms with Gasteiger partial charge in [-0.2, -0.15) is 0 Å². The van der Waals surface area contributed by atoms with E-state index in [0.29, 0.717) is 22.7 Å². The third-order valence-electron chi connectivity index (χ3n) is 5.46. The van der Waals surface area contributed by atoms with Gasteiger partial charge in [0.2, 0.25) is 11.1 Å². The minimum atomic E-state index is 0.0304. The SMILES string of the molecule is C[C@H]1CCCC[C@H]1NC(=O)CSc1nnc(-c2ccc(C(C)(C)C)cc2)n1N. The number of benzene rings is 1. The summed E-state index contributed by atoms with van der Waals surface area (Å²) in [5, 5.41) is 12.1. The number of thioether (sulfide) groups is 1. The van der Waals surface area contributed by atoms with Crippen LogP contribution in [0.15, 0.2) is 29.4 Å². The Bertz CT molecular complexity index is 809. The smallest absolute Gasteiger partial charge is 0.230 e. The maximum Gasteiger partial charge on any atom is 0.230 e. The van der Waals surface area contributed by atoms with Gasteiger partial charge in [0.25, 0.3) is 0 Å². The van der Waals surface area contributed by atoms with Gasteiger partial charge < -0.3 is 11.2 Å². The van der Waals surface area contributed by atoms with E-state index < -0.39 is 0 Å². The second-order valence-corrected chi connectivity index (χ2v) is 9.67. The van der Waals surface area contributed by atoms with E-state index in [1.54, 1.807) is 0 Å². The largest absolute Gasteiger partial charge is 0.352 e. The lowest BCUT2D eigenvalue weighted by atomic mass is 9.86. The Balaban J connectivity index is 1.61. The molecule has 6 nitrogen and oxygen atoms in total. The molecule has 1 amide bonds. The van der Waals surface area contributed by atoms with Crippen molar-refractivity contribution in [3.63, 3.8) is 0 Å². The number of nitrogens with two attached hydrogens (primary N) is 1. The summed E-state index contributed by atoms with van der Waals surface area (Å²) in [6.45, 7) is 8.76. The van der Waals surface area contributed by atoms with E-state index in [4.69, 9.17) is 5.84 Å². The maximum atomic E-state index is 12.3. The number of hydrogen-bond acceptors (Lipinski definition) is 5. The zero-order chi connectivity index (χ0) is 20.3. The van der Waals surface area contributed by atoms with Gasteiger partial charge in [-0.1, -0.05) is 76.6 Å². The minimum Gasteiger partial charge on any atom is -0.352 e. The van der Waals surface area contributed by atoms with Crippen LogP contribution in [0, 0.1) is 5.92 Å². The Labute approximate surface area is 171 Å². The Morgan fingerprint density at radius 1 is 1.21 bits per heavy atom. The van der Waals surface area contributed by atoms with Gasteiger partial charge in [-0.05, 0) is 29.7 Å². The highest BCUT2D eigenvalue weighted by molar-refractivity contribution is 7.99. The number of nitrogen functional groups attached to an aromatic ring is 1. The van der Waals surface area contributed by atoms with Crippen LogP contribution in [0.25, 0.3) is 11.4 Å². The van der Waals surface area contributed by atoms with Gasteiger partial charge in [-0.3, -0.25) is 4.79 Å². The van der Waals surface area contributed by atoms with E-state index in [1.165, 1.54) is 41.3 Å². The molecule has 1 aliphatic carbocycles. The summed E-state index contributed by atoms with van der Waals surface area (Å²) >= 11 is 1.32. The molecule has 0 radical (unpaired) electrons. The highest BCUT2D eigenvalue weighted by atomic mass is 32.2. The highest BCUT2D eigenvalue weighted by Gasteiger charge is 2.23. The third-order valence-corrected chi connectivity index (χ3v) is 6.41. The Kier molecular flexibility index (Phi) is 6.33. The molecule has 0 bridgehead atoms. The number of carbonyl (C=O) groups is 1. The molecular formula is C21H31N5OS. The van der Waals surface area contributed by atoms with Gasteiger partial charge in [-0.15, -0.1) is 10.2 Å². The normalized spacial score (nSPS) is 20.1. The van der Waals surface area contributed by atoms with Crippen molar-refractivity contribution in [2.75, 3.05) is 11.6 Å². The van der Waals surface area contributed by atoms with Crippen LogP contribution in [-0.2, 0) is 10.2 Å². The molecule has 3 rings (SSSR count). The summed E-state index contributed by atoms with van der Waals surface area (Å²) in [6.07, 6.45) is 4.71. The average Bonchev–Trinajstić information content (AvgIpc) is 3.02. The van der Waals surface area contributed by atoms with Crippen molar-refractivity contribution in [3.8, 4) is 11.4 Å². The molecule has 1 aromatic carbocycles. The molecule has 0 unspecified atom stereocenters. The first kappa shape index (κ1) is 20.7. The molecule has 7 heteroatoms. The fourth-order valence-electron chi connectivity index (χ4n) is 3.60. The minimum absolute atomic E-state index is 0.0304. The van der Waals surface area contributed by atoms with E-state index in [-0.39, 0.29) is 17.4 Å². The molecule has 3 N–H and O–H groups in total. The van der Waals surface area contributed by atoms with E-state index in [1.807, 2.05) is 12.1 Å². The first-order valence-corrected chi connectivity index (χ1v) is 11.0. The van der Waals surface area contributed by atoms with E-state index in [9.17, 15) is 4.79 Å². The molecule has 0 spiro atoms. The molecule has 0 aliphatic heterocycles. The molecule has 2 aromatic rings. The van der Waals surface area contributed by atoms with Crippen molar-refractivity contribution in [2.24, 2.45) is 5.92 Å². The summed E-state index contributed by atoms with van der Waals surface area (Å²) in [5.41, 5.74) is 2.26. The highest BCUT2D eigenvalue weighted by Crippen LogP contribution is 2.27. The summed E-state index contributed by atoms with van der Waals surface area (Å²) < 4.78 is 1.47. The van der Waals surface area contributed by atoms with Crippen LogP contribution >= 0.6 is 11.8 Å². The van der Waals surface area contributed by atoms with E-state index in [2.05, 4.69) is 55.3 Å². The average molecular weight is 402 g/mol. The molecule has 28 heavy (non-hydrogen) atoms. The number of nitrogens with one attached hydrogen (secondary N) is 1. The Hall–Kier alpha value is -2.02. The van der Waals surface area contributed by atoms with Crippen molar-refractivity contribution in [3.05, 3.63) is 29.8 Å². The Morgan fingerprint density at radius 3 is 2.54 bits per heavy atom. The van der Waals surface area contributed by atoms with Crippen LogP contribution in [0.2, 0.25) is 0 Å². The third kappa shape index (κ3) is 4.87. The number of amides is 1. The summed E-state index contributed by atoms with van der Waals surface area (Å²) in [7, 11) is 0. The topological polar surface area (TPSA) is 85.8 Å². The fourth-order valence-corrected chi connectivity index (χ4v) is 4.27. The quantitative estimate of drug-likeness (QED) is 0.589. The number of nitrogens with zero attached hydrogens (tertiary/aromatic N) is 3. The molecule has 152 valence electrons. The number of rotatable bonds is 5. The maximum absolute atomic E-state index is 12.3. The molecule has 2 atom stereocenters. The number of aromatic nitrogens is 3. The summed E-state index contributed by atoms with van der Waals surface area (Å²) in [6, 6.07) is 8.50. The van der Waals surface area contributed by atoms with Crippen LogP contribution in [0.5, 0.6) is 0 Å². The van der Waals surface area contributed by atoms with Crippen molar-refractivity contribution in [1.82, 2.24) is 20.2 Å². The van der Waals surface area contributed by atoms with Crippen molar-refractivity contribution in [1.29, 1.82) is 0 Å². The van der Waals surface area contributed by atoms with Crippen molar-refractivity contribution in [2.45, 2.75) is 70.0 Å². The zero-order valence-electron chi connectivity index (χ0n) is 17.2. The predicted molar refractivity (Wildman–Crippen MR) is 115 cm³/mol. The van der Waals surface area contributed by atoms with Crippen LogP contribution in [0.4, 0.5) is 0 Å². The lowest BCUT2D eigenvalue weighted by Gasteiger charge is -2.29. The first-order valence-electron chi connectivity index (χ1n) is 9.99. The molecule has 1 aliphatic rings. The van der Waals surface area contributed by atoms with Gasteiger partial charge in [0.05, 0.1) is 5.75 Å². The monoisotopic (exact) mass is 401 g/mol. The lowest BCUT2D eigenvalue weighted by Crippen LogP contribution is -2.41. The Morgan fingerprint density at radius 2 is 1.89 bits per heavy atom. The molecule has 1 fully saturated rings. The van der Waals surface area contributed by atoms with Gasteiger partial charge in [0, 0.05) is 11.6 Å². The van der Waals surface area contributed by atoms with Gasteiger partial charge in [-0.25, -0.2) is 4.68 Å². The molecule has 1 saturated carbocycles. The lowest BCUT2D eigenvalue weighted by molar-refractivity contribution is -0.119. The molecule has 1 heterocycles. The molecule has 0 saturated heterocycles. The van der Waals surface area contributed by atoms with Gasteiger partial charge in [0.1, 0.15) is 0 Å². The second-order valence-electron chi connectivity index (χ2n) is 8.73. The standard InChI is InChI=1S/C21H31N5OS/c1-14-7-5-6-8-17(14)23-18(27)13-28-20-25-24-19(26(20)22)15-9-11-16(12-10-15)21(2,3)4/h9-12,14,17H,5-8,13,22H2,1-4H3,(H,23,27)/t14-,17+/m0/s1. The van der Waals surface area contributed by atoms with Gasteiger partial charge in [0.15, 0.2) is 5.82 Å². The van der Waals surface area contributed by atoms with E-state index >= 15 is 0 Å². The molecule has 1 aromatic heterocycles. The van der Waals surface area contributed by atoms with Crippen LogP contribution in [0.1, 0.15) is 58.9 Å². The van der Waals surface area contributed by atoms with Gasteiger partial charge >= 0.3 is 0 Å². The fraction of sp³-hybridized carbons (Fsp3) is 0.571. The van der Waals surface area contributed by atoms with Crippen LogP contribution in [-0.4, -0.2) is 32.6 Å². The number of carbonyl (C=O) groups excluding carboxylic acids is 1. The van der Waals surface area contributed by atoms with E-state index in [0.717, 1.165) is 12.0 Å². The van der Waals surface area contributed by atoms with Crippen molar-refractivity contribution >= 4 is 17.7 Å². The second kappa shape index (κ2) is 8.55. The number of hydrogen-bond donors (Lipinski definition) is 2. The predicted octanol–water partition coefficient (Wildman–Crippen LogP) is 3.74. The van der Waals surface area contributed by atoms with Crippen LogP contribution < -0.4 is 11.2 Å². The molecular weight excluding hydrogens is 370 g/mol. The zero-order valence-corrected chi connectivity index (χ0v) is 18.1. The van der Waals surface area contributed by atoms with Crippen molar-refractivity contribution < 1.29 is 4.79 Å². The van der Waals surface area contributed by atoms with Crippen LogP contribution in [0.3, 0.4) is 0 Å². The first-order chi connectivity index (χ1) is 13.3.